The fourth-order valence-electron chi connectivity index (χ4n) is 2.33. The summed E-state index contributed by atoms with van der Waals surface area (Å²) in [6.07, 6.45) is 0. The fraction of sp³-hybridized carbons (Fsp3) is 0.286. The molecule has 0 aliphatic carbocycles. The van der Waals surface area contributed by atoms with E-state index in [1.165, 1.54) is 5.69 Å². The summed E-state index contributed by atoms with van der Waals surface area (Å²) in [6.45, 7) is 6.32. The topological polar surface area (TPSA) is 28.4 Å². The van der Waals surface area contributed by atoms with Crippen LogP contribution >= 0.6 is 0 Å². The predicted molar refractivity (Wildman–Crippen MR) is 70.4 cm³/mol. The fourth-order valence-corrected chi connectivity index (χ4v) is 2.33. The number of nitrogens with one attached hydrogen (secondary N) is 1. The van der Waals surface area contributed by atoms with E-state index in [0.29, 0.717) is 6.04 Å². The molecule has 1 N–H and O–H groups in total. The minimum Gasteiger partial charge on any atom is -0.443 e. The van der Waals surface area contributed by atoms with Crippen LogP contribution in [0.4, 0.5) is 22.9 Å². The molecule has 3 heteroatoms. The van der Waals surface area contributed by atoms with E-state index in [0.717, 1.165) is 23.0 Å². The lowest BCUT2D eigenvalue weighted by Crippen LogP contribution is -2.28. The molecule has 0 unspecified atom stereocenters. The summed E-state index contributed by atoms with van der Waals surface area (Å²) < 4.78 is 5.80. The van der Waals surface area contributed by atoms with E-state index in [1.54, 1.807) is 0 Å². The highest BCUT2D eigenvalue weighted by Crippen LogP contribution is 2.45. The molecule has 1 aliphatic rings. The summed E-state index contributed by atoms with van der Waals surface area (Å²) in [4.78, 5) is 2.23. The van der Waals surface area contributed by atoms with Gasteiger partial charge < -0.3 is 14.6 Å². The van der Waals surface area contributed by atoms with Gasteiger partial charge in [0.05, 0.1) is 11.4 Å². The van der Waals surface area contributed by atoms with Crippen molar-refractivity contribution in [3.05, 3.63) is 36.1 Å². The summed E-state index contributed by atoms with van der Waals surface area (Å²) in [5.74, 6) is 1.84. The Balaban J connectivity index is 2.20. The van der Waals surface area contributed by atoms with Gasteiger partial charge in [0, 0.05) is 12.1 Å². The van der Waals surface area contributed by atoms with Crippen molar-refractivity contribution >= 4 is 22.9 Å². The summed E-state index contributed by atoms with van der Waals surface area (Å²) in [5.41, 5.74) is 3.36. The van der Waals surface area contributed by atoms with E-state index in [4.69, 9.17) is 4.42 Å². The Hall–Kier alpha value is -1.90. The van der Waals surface area contributed by atoms with Gasteiger partial charge in [-0.15, -0.1) is 0 Å². The number of aryl methyl sites for hydroxylation is 1. The van der Waals surface area contributed by atoms with E-state index < -0.39 is 0 Å². The molecule has 2 heterocycles. The van der Waals surface area contributed by atoms with Crippen molar-refractivity contribution in [1.29, 1.82) is 0 Å². The van der Waals surface area contributed by atoms with E-state index in [9.17, 15) is 0 Å². The van der Waals surface area contributed by atoms with Gasteiger partial charge in [0.15, 0.2) is 0 Å². The first-order valence-electron chi connectivity index (χ1n) is 5.92. The Morgan fingerprint density at radius 1 is 1.18 bits per heavy atom. The highest BCUT2D eigenvalue weighted by molar-refractivity contribution is 5.89. The monoisotopic (exact) mass is 228 g/mol. The molecule has 88 valence electrons. The average molecular weight is 228 g/mol. The predicted octanol–water partition coefficient (Wildman–Crippen LogP) is 4.19. The normalized spacial score (nSPS) is 13.3. The smallest absolute Gasteiger partial charge is 0.224 e. The lowest BCUT2D eigenvalue weighted by atomic mass is 10.1. The van der Waals surface area contributed by atoms with E-state index in [2.05, 4.69) is 42.3 Å². The molecule has 1 aliphatic heterocycles. The first-order valence-corrected chi connectivity index (χ1v) is 5.92. The highest BCUT2D eigenvalue weighted by Gasteiger charge is 2.27. The van der Waals surface area contributed by atoms with Gasteiger partial charge in [-0.05, 0) is 32.9 Å². The summed E-state index contributed by atoms with van der Waals surface area (Å²) in [7, 11) is 0. The number of hydrogen-bond acceptors (Lipinski definition) is 3. The maximum atomic E-state index is 5.80. The molecular formula is C14H16N2O. The van der Waals surface area contributed by atoms with Crippen LogP contribution in [0.15, 0.2) is 34.7 Å². The minimum atomic E-state index is 0.363. The first-order chi connectivity index (χ1) is 8.16. The number of fused-ring (bicyclic) bond motifs is 2. The molecule has 0 amide bonds. The van der Waals surface area contributed by atoms with Crippen molar-refractivity contribution in [2.24, 2.45) is 0 Å². The minimum absolute atomic E-state index is 0.363. The third-order valence-corrected chi connectivity index (χ3v) is 3.00. The molecule has 17 heavy (non-hydrogen) atoms. The van der Waals surface area contributed by atoms with Crippen molar-refractivity contribution in [1.82, 2.24) is 0 Å². The molecule has 3 rings (SSSR count). The van der Waals surface area contributed by atoms with E-state index in [-0.39, 0.29) is 0 Å². The lowest BCUT2D eigenvalue weighted by molar-refractivity contribution is 0.521. The van der Waals surface area contributed by atoms with Crippen LogP contribution in [0, 0.1) is 6.92 Å². The molecular weight excluding hydrogens is 212 g/mol. The quantitative estimate of drug-likeness (QED) is 0.793. The third-order valence-electron chi connectivity index (χ3n) is 3.00. The molecule has 2 aromatic rings. The largest absolute Gasteiger partial charge is 0.443 e. The molecule has 0 radical (unpaired) electrons. The zero-order valence-corrected chi connectivity index (χ0v) is 10.3. The zero-order chi connectivity index (χ0) is 12.0. The summed E-state index contributed by atoms with van der Waals surface area (Å²) in [6, 6.07) is 10.7. The Bertz CT molecular complexity index is 557. The lowest BCUT2D eigenvalue weighted by Gasteiger charge is -2.33. The second kappa shape index (κ2) is 3.55. The molecule has 0 fully saturated rings. The van der Waals surface area contributed by atoms with Crippen LogP contribution in [0.1, 0.15) is 19.6 Å². The highest BCUT2D eigenvalue weighted by atomic mass is 16.4. The van der Waals surface area contributed by atoms with Gasteiger partial charge in [0.25, 0.3) is 0 Å². The SMILES string of the molecule is Cc1cc2c(o1)N(C(C)C)c1ccccc1N2. The van der Waals surface area contributed by atoms with Crippen LogP contribution in [-0.4, -0.2) is 6.04 Å². The van der Waals surface area contributed by atoms with Crippen molar-refractivity contribution in [3.63, 3.8) is 0 Å². The summed E-state index contributed by atoms with van der Waals surface area (Å²) in [5, 5.41) is 3.41. The zero-order valence-electron chi connectivity index (χ0n) is 10.3. The van der Waals surface area contributed by atoms with Crippen molar-refractivity contribution in [2.75, 3.05) is 10.2 Å². The van der Waals surface area contributed by atoms with Gasteiger partial charge in [-0.1, -0.05) is 12.1 Å². The molecule has 0 spiro atoms. The molecule has 0 bridgehead atoms. The van der Waals surface area contributed by atoms with Gasteiger partial charge in [-0.2, -0.15) is 0 Å². The van der Waals surface area contributed by atoms with Gasteiger partial charge in [0.2, 0.25) is 5.88 Å². The molecule has 1 aromatic carbocycles. The number of anilines is 4. The van der Waals surface area contributed by atoms with Gasteiger partial charge >= 0.3 is 0 Å². The van der Waals surface area contributed by atoms with Crippen LogP contribution < -0.4 is 10.2 Å². The van der Waals surface area contributed by atoms with Crippen molar-refractivity contribution in [3.8, 4) is 0 Å². The van der Waals surface area contributed by atoms with Gasteiger partial charge in [-0.3, -0.25) is 0 Å². The molecule has 3 nitrogen and oxygen atoms in total. The number of benzene rings is 1. The van der Waals surface area contributed by atoms with Gasteiger partial charge in [-0.25, -0.2) is 0 Å². The molecule has 0 atom stereocenters. The number of para-hydroxylation sites is 2. The van der Waals surface area contributed by atoms with Crippen LogP contribution in [0.5, 0.6) is 0 Å². The second-order valence-electron chi connectivity index (χ2n) is 4.68. The molecule has 1 aromatic heterocycles. The van der Waals surface area contributed by atoms with Crippen LogP contribution in [0.25, 0.3) is 0 Å². The van der Waals surface area contributed by atoms with E-state index in [1.807, 2.05) is 19.1 Å². The number of furan rings is 1. The Kier molecular flexibility index (Phi) is 2.15. The number of nitrogens with zero attached hydrogens (tertiary/aromatic N) is 1. The Labute approximate surface area is 101 Å². The van der Waals surface area contributed by atoms with Gasteiger partial charge in [0.1, 0.15) is 11.4 Å². The van der Waals surface area contributed by atoms with Crippen LogP contribution in [0.3, 0.4) is 0 Å². The Morgan fingerprint density at radius 3 is 2.71 bits per heavy atom. The van der Waals surface area contributed by atoms with Crippen molar-refractivity contribution < 1.29 is 4.42 Å². The maximum Gasteiger partial charge on any atom is 0.224 e. The first kappa shape index (κ1) is 10.3. The number of hydrogen-bond donors (Lipinski definition) is 1. The average Bonchev–Trinajstić information content (AvgIpc) is 2.64. The summed E-state index contributed by atoms with van der Waals surface area (Å²) >= 11 is 0. The van der Waals surface area contributed by atoms with Crippen LogP contribution in [0.2, 0.25) is 0 Å². The standard InChI is InChI=1S/C14H16N2O/c1-9(2)16-13-7-5-4-6-11(13)15-12-8-10(3)17-14(12)16/h4-9,15H,1-3H3. The maximum absolute atomic E-state index is 5.80. The Morgan fingerprint density at radius 2 is 1.94 bits per heavy atom. The van der Waals surface area contributed by atoms with Crippen molar-refractivity contribution in [2.45, 2.75) is 26.8 Å². The van der Waals surface area contributed by atoms with E-state index >= 15 is 0 Å². The molecule has 0 saturated heterocycles. The number of rotatable bonds is 1. The second-order valence-corrected chi connectivity index (χ2v) is 4.68. The molecule has 0 saturated carbocycles. The third kappa shape index (κ3) is 1.50. The van der Waals surface area contributed by atoms with Crippen LogP contribution in [-0.2, 0) is 0 Å².